The zero-order chi connectivity index (χ0) is 30.5. The summed E-state index contributed by atoms with van der Waals surface area (Å²) in [4.78, 5) is 15.6. The minimum absolute atomic E-state index is 0.00205. The molecule has 2 bridgehead atoms. The van der Waals surface area contributed by atoms with Crippen LogP contribution < -0.4 is 14.2 Å². The molecule has 3 aromatic rings. The number of fused-ring (bicyclic) bond motifs is 2. The fraction of sp³-hybridized carbons (Fsp3) is 0.464. The van der Waals surface area contributed by atoms with Crippen LogP contribution in [0.1, 0.15) is 73.8 Å². The Kier molecular flexibility index (Phi) is 5.82. The molecule has 0 saturated heterocycles. The standard InChI is InChI=1S/C28H23F6N3O6/c1-13(17-6-20-21(7-18(17)29)43-28(33,34)42-20)40-15-5-14(8-35-9-15)37-22-16(23(36-37)27(30,31)32)3-2-4-19(22)41-26-10-25(11-26,12-26)24(38)39/h5-9,13,19H,2-4,10-12H2,1H3,(H,38,39)/t13-,19-,25?,26?/m0/s1. The fourth-order valence-corrected chi connectivity index (χ4v) is 6.68. The van der Waals surface area contributed by atoms with Crippen molar-refractivity contribution in [2.75, 3.05) is 0 Å². The van der Waals surface area contributed by atoms with Gasteiger partial charge in [-0.15, -0.1) is 8.78 Å². The van der Waals surface area contributed by atoms with Crippen LogP contribution in [0.15, 0.2) is 30.6 Å². The molecule has 3 heterocycles. The number of aliphatic carboxylic acids is 1. The Hall–Kier alpha value is -4.01. The molecule has 3 fully saturated rings. The van der Waals surface area contributed by atoms with Crippen LogP contribution in [0, 0.1) is 11.2 Å². The van der Waals surface area contributed by atoms with E-state index in [1.165, 1.54) is 25.4 Å². The number of alkyl halides is 5. The molecular formula is C28H23F6N3O6. The second kappa shape index (κ2) is 9.00. The van der Waals surface area contributed by atoms with E-state index in [-0.39, 0.29) is 40.4 Å². The van der Waals surface area contributed by atoms with Gasteiger partial charge in [0.05, 0.1) is 34.8 Å². The Balaban J connectivity index is 1.19. The van der Waals surface area contributed by atoms with Gasteiger partial charge in [-0.25, -0.2) is 9.07 Å². The number of carboxylic acid groups (broad SMARTS) is 1. The van der Waals surface area contributed by atoms with E-state index in [1.54, 1.807) is 0 Å². The van der Waals surface area contributed by atoms with E-state index in [0.717, 1.165) is 16.8 Å². The van der Waals surface area contributed by atoms with Gasteiger partial charge in [-0.05, 0) is 51.5 Å². The van der Waals surface area contributed by atoms with Crippen molar-refractivity contribution >= 4 is 5.97 Å². The molecule has 43 heavy (non-hydrogen) atoms. The Labute approximate surface area is 239 Å². The van der Waals surface area contributed by atoms with Gasteiger partial charge in [0.1, 0.15) is 23.8 Å². The number of benzene rings is 1. The van der Waals surface area contributed by atoms with Crippen LogP contribution in [0.3, 0.4) is 0 Å². The summed E-state index contributed by atoms with van der Waals surface area (Å²) >= 11 is 0. The molecule has 2 atom stereocenters. The van der Waals surface area contributed by atoms with Gasteiger partial charge < -0.3 is 24.1 Å². The highest BCUT2D eigenvalue weighted by atomic mass is 19.4. The topological polar surface area (TPSA) is 105 Å². The predicted octanol–water partition coefficient (Wildman–Crippen LogP) is 6.29. The first-order valence-electron chi connectivity index (χ1n) is 13.5. The van der Waals surface area contributed by atoms with E-state index in [1.807, 2.05) is 0 Å². The second-order valence-electron chi connectivity index (χ2n) is 11.5. The minimum atomic E-state index is -4.75. The van der Waals surface area contributed by atoms with Crippen molar-refractivity contribution in [3.8, 4) is 22.9 Å². The van der Waals surface area contributed by atoms with Crippen molar-refractivity contribution in [2.45, 2.75) is 75.7 Å². The van der Waals surface area contributed by atoms with E-state index in [2.05, 4.69) is 19.6 Å². The third-order valence-electron chi connectivity index (χ3n) is 8.53. The van der Waals surface area contributed by atoms with Gasteiger partial charge in [0.2, 0.25) is 0 Å². The largest absolute Gasteiger partial charge is 0.586 e. The summed E-state index contributed by atoms with van der Waals surface area (Å²) in [6.45, 7) is 1.44. The number of ether oxygens (including phenoxy) is 4. The molecule has 15 heteroatoms. The summed E-state index contributed by atoms with van der Waals surface area (Å²) in [5.41, 5.74) is -2.36. The quantitative estimate of drug-likeness (QED) is 0.311. The first-order valence-corrected chi connectivity index (χ1v) is 13.5. The number of hydrogen-bond acceptors (Lipinski definition) is 7. The van der Waals surface area contributed by atoms with Gasteiger partial charge >= 0.3 is 18.4 Å². The number of aromatic nitrogens is 3. The van der Waals surface area contributed by atoms with Gasteiger partial charge in [0, 0.05) is 23.3 Å². The fourth-order valence-electron chi connectivity index (χ4n) is 6.68. The lowest BCUT2D eigenvalue weighted by molar-refractivity contribution is -0.300. The molecule has 4 aliphatic carbocycles. The molecule has 5 aliphatic rings. The van der Waals surface area contributed by atoms with Crippen LogP contribution in [0.4, 0.5) is 26.3 Å². The van der Waals surface area contributed by atoms with Crippen LogP contribution in [0.2, 0.25) is 0 Å². The monoisotopic (exact) mass is 611 g/mol. The Morgan fingerprint density at radius 3 is 2.51 bits per heavy atom. The first kappa shape index (κ1) is 27.8. The number of nitrogens with zero attached hydrogens (tertiary/aromatic N) is 3. The zero-order valence-electron chi connectivity index (χ0n) is 22.4. The van der Waals surface area contributed by atoms with Crippen LogP contribution in [0.5, 0.6) is 17.2 Å². The number of rotatable bonds is 7. The molecule has 0 spiro atoms. The average Bonchev–Trinajstić information content (AvgIpc) is 3.41. The highest BCUT2D eigenvalue weighted by molar-refractivity contribution is 5.79. The molecule has 2 aromatic heterocycles. The number of carbonyl (C=O) groups is 1. The Morgan fingerprint density at radius 2 is 1.84 bits per heavy atom. The SMILES string of the molecule is C[C@H](Oc1cncc(-n2nc(C(F)(F)F)c3c2[C@@H](OC24CC(C(=O)O)(C2)C4)CCC3)c1)c1cc2c(cc1F)OC(F)(F)O2. The first-order chi connectivity index (χ1) is 20.2. The minimum Gasteiger partial charge on any atom is -0.484 e. The average molecular weight is 611 g/mol. The van der Waals surface area contributed by atoms with Crippen molar-refractivity contribution in [3.63, 3.8) is 0 Å². The molecule has 1 N–H and O–H groups in total. The lowest BCUT2D eigenvalue weighted by atomic mass is 9.41. The van der Waals surface area contributed by atoms with Gasteiger partial charge in [-0.3, -0.25) is 9.78 Å². The van der Waals surface area contributed by atoms with E-state index in [4.69, 9.17) is 9.47 Å². The number of hydrogen-bond donors (Lipinski definition) is 1. The van der Waals surface area contributed by atoms with Crippen LogP contribution >= 0.6 is 0 Å². The molecule has 3 saturated carbocycles. The molecule has 0 radical (unpaired) electrons. The summed E-state index contributed by atoms with van der Waals surface area (Å²) in [5.74, 6) is -2.61. The van der Waals surface area contributed by atoms with Gasteiger partial charge in [0.25, 0.3) is 0 Å². The maximum Gasteiger partial charge on any atom is 0.586 e. The van der Waals surface area contributed by atoms with Crippen LogP contribution in [-0.4, -0.2) is 37.7 Å². The smallest absolute Gasteiger partial charge is 0.484 e. The van der Waals surface area contributed by atoms with Crippen LogP contribution in [0.25, 0.3) is 5.69 Å². The number of pyridine rings is 1. The highest BCUT2D eigenvalue weighted by Crippen LogP contribution is 2.70. The third kappa shape index (κ3) is 4.46. The lowest BCUT2D eigenvalue weighted by Crippen LogP contribution is -2.71. The molecular weight excluding hydrogens is 588 g/mol. The van der Waals surface area contributed by atoms with Gasteiger partial charge in [-0.1, -0.05) is 0 Å². The van der Waals surface area contributed by atoms with Crippen molar-refractivity contribution in [3.05, 3.63) is 58.9 Å². The molecule has 228 valence electrons. The maximum absolute atomic E-state index is 14.7. The predicted molar refractivity (Wildman–Crippen MR) is 131 cm³/mol. The maximum atomic E-state index is 14.7. The summed E-state index contributed by atoms with van der Waals surface area (Å²) in [6.07, 6.45) is -6.06. The summed E-state index contributed by atoms with van der Waals surface area (Å²) in [5, 5.41) is 13.4. The molecule has 1 aliphatic heterocycles. The normalized spacial score (nSPS) is 27.1. The Morgan fingerprint density at radius 1 is 1.14 bits per heavy atom. The zero-order valence-corrected chi connectivity index (χ0v) is 22.4. The molecule has 9 nitrogen and oxygen atoms in total. The van der Waals surface area contributed by atoms with Crippen LogP contribution in [-0.2, 0) is 22.1 Å². The number of carboxylic acids is 1. The lowest BCUT2D eigenvalue weighted by Gasteiger charge is -2.67. The second-order valence-corrected chi connectivity index (χ2v) is 11.5. The summed E-state index contributed by atoms with van der Waals surface area (Å²) < 4.78 is 106. The Bertz CT molecular complexity index is 1640. The highest BCUT2D eigenvalue weighted by Gasteiger charge is 2.73. The molecule has 0 unspecified atom stereocenters. The van der Waals surface area contributed by atoms with E-state index in [9.17, 15) is 36.2 Å². The van der Waals surface area contributed by atoms with Crippen molar-refractivity contribution in [1.82, 2.24) is 14.8 Å². The van der Waals surface area contributed by atoms with Gasteiger partial charge in [-0.2, -0.15) is 18.3 Å². The number of halogens is 6. The van der Waals surface area contributed by atoms with E-state index in [0.29, 0.717) is 32.1 Å². The molecule has 1 aromatic carbocycles. The molecule has 8 rings (SSSR count). The van der Waals surface area contributed by atoms with Crippen molar-refractivity contribution in [1.29, 1.82) is 0 Å². The van der Waals surface area contributed by atoms with Gasteiger partial charge in [0.15, 0.2) is 17.2 Å². The third-order valence-corrected chi connectivity index (χ3v) is 8.53. The van der Waals surface area contributed by atoms with E-state index >= 15 is 0 Å². The van der Waals surface area contributed by atoms with Crippen molar-refractivity contribution in [2.24, 2.45) is 5.41 Å². The summed E-state index contributed by atoms with van der Waals surface area (Å²) in [7, 11) is 0. The van der Waals surface area contributed by atoms with E-state index < -0.39 is 58.9 Å². The molecule has 0 amide bonds. The summed E-state index contributed by atoms with van der Waals surface area (Å²) in [6, 6.07) is 3.15. The van der Waals surface area contributed by atoms with Crippen molar-refractivity contribution < 1.29 is 55.2 Å².